The highest BCUT2D eigenvalue weighted by Crippen LogP contribution is 2.18. The fraction of sp³-hybridized carbons (Fsp3) is 0.421. The minimum absolute atomic E-state index is 0.811. The summed E-state index contributed by atoms with van der Waals surface area (Å²) in [4.78, 5) is 5.10. The molecule has 1 aromatic heterocycles. The Labute approximate surface area is 155 Å². The van der Waals surface area contributed by atoms with Gasteiger partial charge in [0.05, 0.1) is 27.2 Å². The first-order valence-corrected chi connectivity index (χ1v) is 9.69. The topological polar surface area (TPSA) is 19.7 Å². The zero-order chi connectivity index (χ0) is 17.5. The summed E-state index contributed by atoms with van der Waals surface area (Å²) in [7, 11) is 4.38. The summed E-state index contributed by atoms with van der Waals surface area (Å²) >= 11 is 7.51. The smallest absolute Gasteiger partial charge is 0.173 e. The second kappa shape index (κ2) is 9.16. The van der Waals surface area contributed by atoms with Crippen molar-refractivity contribution in [1.29, 1.82) is 0 Å². The molecule has 0 aliphatic carbocycles. The summed E-state index contributed by atoms with van der Waals surface area (Å²) in [6.45, 7) is 7.21. The number of thiophene rings is 1. The van der Waals surface area contributed by atoms with Crippen LogP contribution in [0.15, 0.2) is 35.7 Å². The van der Waals surface area contributed by atoms with Crippen LogP contribution in [-0.4, -0.2) is 37.2 Å². The largest absolute Gasteiger partial charge is 0.344 e. The second-order valence-corrected chi connectivity index (χ2v) is 7.98. The van der Waals surface area contributed by atoms with Crippen molar-refractivity contribution in [2.24, 2.45) is 0 Å². The van der Waals surface area contributed by atoms with Crippen LogP contribution in [0.25, 0.3) is 0 Å². The van der Waals surface area contributed by atoms with Crippen molar-refractivity contribution in [3.63, 3.8) is 0 Å². The Morgan fingerprint density at radius 3 is 2.71 bits per heavy atom. The molecule has 1 heterocycles. The minimum atomic E-state index is 0.811. The van der Waals surface area contributed by atoms with Gasteiger partial charge in [0, 0.05) is 23.5 Å². The quantitative estimate of drug-likeness (QED) is 0.739. The summed E-state index contributed by atoms with van der Waals surface area (Å²) in [5.41, 5.74) is 3.57. The fourth-order valence-corrected chi connectivity index (χ4v) is 3.52. The van der Waals surface area contributed by atoms with E-state index >= 15 is 0 Å². The molecule has 0 fully saturated rings. The molecule has 0 unspecified atom stereocenters. The molecule has 5 heteroatoms. The first-order valence-electron chi connectivity index (χ1n) is 8.40. The minimum Gasteiger partial charge on any atom is -0.344 e. The standard InChI is InChI=1S/C19H27N3S2/c1-15-8-9-16(2)18(13-15)20-19(23)22(11-6-10-21(3)4)14-17-7-5-12-24-17/h5,7-9,12-13H,6,10-11,14H2,1-4H3,(H,20,23)/p+1. The van der Waals surface area contributed by atoms with Crippen LogP contribution in [0.2, 0.25) is 0 Å². The molecule has 0 aliphatic heterocycles. The molecule has 0 bridgehead atoms. The lowest BCUT2D eigenvalue weighted by Crippen LogP contribution is -3.05. The van der Waals surface area contributed by atoms with Crippen LogP contribution in [0.5, 0.6) is 0 Å². The summed E-state index contributed by atoms with van der Waals surface area (Å²) in [5, 5.41) is 6.39. The van der Waals surface area contributed by atoms with E-state index in [4.69, 9.17) is 12.2 Å². The number of benzene rings is 1. The lowest BCUT2D eigenvalue weighted by Gasteiger charge is -2.26. The molecule has 2 rings (SSSR count). The number of anilines is 1. The van der Waals surface area contributed by atoms with Gasteiger partial charge < -0.3 is 15.1 Å². The van der Waals surface area contributed by atoms with Crippen LogP contribution in [0, 0.1) is 13.8 Å². The summed E-state index contributed by atoms with van der Waals surface area (Å²) < 4.78 is 0. The monoisotopic (exact) mass is 362 g/mol. The van der Waals surface area contributed by atoms with E-state index in [0.29, 0.717) is 0 Å². The molecule has 0 atom stereocenters. The number of rotatable bonds is 7. The van der Waals surface area contributed by atoms with Crippen molar-refractivity contribution in [3.05, 3.63) is 51.7 Å². The van der Waals surface area contributed by atoms with Gasteiger partial charge in [-0.1, -0.05) is 18.2 Å². The summed E-state index contributed by atoms with van der Waals surface area (Å²) in [5.74, 6) is 0. The van der Waals surface area contributed by atoms with Crippen molar-refractivity contribution < 1.29 is 4.90 Å². The highest BCUT2D eigenvalue weighted by atomic mass is 32.1. The maximum Gasteiger partial charge on any atom is 0.173 e. The third-order valence-electron chi connectivity index (χ3n) is 3.95. The third kappa shape index (κ3) is 5.89. The number of nitrogens with zero attached hydrogens (tertiary/aromatic N) is 1. The van der Waals surface area contributed by atoms with Gasteiger partial charge in [-0.05, 0) is 54.7 Å². The first kappa shape index (κ1) is 18.9. The van der Waals surface area contributed by atoms with Crippen molar-refractivity contribution in [2.75, 3.05) is 32.5 Å². The van der Waals surface area contributed by atoms with Crippen molar-refractivity contribution >= 4 is 34.4 Å². The van der Waals surface area contributed by atoms with Crippen LogP contribution in [0.1, 0.15) is 22.4 Å². The summed E-state index contributed by atoms with van der Waals surface area (Å²) in [6, 6.07) is 10.7. The Morgan fingerprint density at radius 2 is 2.04 bits per heavy atom. The van der Waals surface area contributed by atoms with Gasteiger partial charge in [-0.15, -0.1) is 11.3 Å². The predicted molar refractivity (Wildman–Crippen MR) is 109 cm³/mol. The molecule has 2 aromatic rings. The molecule has 130 valence electrons. The Morgan fingerprint density at radius 1 is 1.25 bits per heavy atom. The first-order chi connectivity index (χ1) is 11.5. The van der Waals surface area contributed by atoms with E-state index in [1.165, 1.54) is 20.9 Å². The van der Waals surface area contributed by atoms with Crippen LogP contribution in [0.4, 0.5) is 5.69 Å². The van der Waals surface area contributed by atoms with Crippen LogP contribution >= 0.6 is 23.6 Å². The zero-order valence-corrected chi connectivity index (χ0v) is 16.7. The normalized spacial score (nSPS) is 10.9. The van der Waals surface area contributed by atoms with Gasteiger partial charge >= 0.3 is 0 Å². The van der Waals surface area contributed by atoms with Crippen LogP contribution in [-0.2, 0) is 6.54 Å². The van der Waals surface area contributed by atoms with E-state index in [2.05, 4.69) is 73.9 Å². The molecule has 0 amide bonds. The maximum atomic E-state index is 5.73. The maximum absolute atomic E-state index is 5.73. The van der Waals surface area contributed by atoms with Gasteiger partial charge in [0.2, 0.25) is 0 Å². The van der Waals surface area contributed by atoms with Gasteiger partial charge in [0.1, 0.15) is 0 Å². The number of thiocarbonyl (C=S) groups is 1. The Kier molecular flexibility index (Phi) is 7.21. The Hall–Kier alpha value is -1.43. The molecule has 2 N–H and O–H groups in total. The van der Waals surface area contributed by atoms with Crippen LogP contribution < -0.4 is 10.2 Å². The Bertz CT molecular complexity index is 651. The predicted octanol–water partition coefficient (Wildman–Crippen LogP) is 3.10. The van der Waals surface area contributed by atoms with Gasteiger partial charge in [0.15, 0.2) is 5.11 Å². The van der Waals surface area contributed by atoms with Gasteiger partial charge in [-0.2, -0.15) is 0 Å². The SMILES string of the molecule is Cc1ccc(C)c(NC(=S)N(CCC[NH+](C)C)Cc2cccs2)c1. The van der Waals surface area contributed by atoms with E-state index in [-0.39, 0.29) is 0 Å². The number of aryl methyl sites for hydroxylation is 2. The van der Waals surface area contributed by atoms with E-state index in [1.54, 1.807) is 11.3 Å². The number of nitrogens with one attached hydrogen (secondary N) is 2. The molecule has 1 aromatic carbocycles. The molecule has 0 aliphatic rings. The molecule has 0 saturated heterocycles. The highest BCUT2D eigenvalue weighted by Gasteiger charge is 2.13. The molecule has 0 spiro atoms. The van der Waals surface area contributed by atoms with Crippen molar-refractivity contribution in [3.8, 4) is 0 Å². The number of hydrogen-bond acceptors (Lipinski definition) is 2. The molecule has 24 heavy (non-hydrogen) atoms. The van der Waals surface area contributed by atoms with Crippen LogP contribution in [0.3, 0.4) is 0 Å². The van der Waals surface area contributed by atoms with Crippen molar-refractivity contribution in [2.45, 2.75) is 26.8 Å². The number of hydrogen-bond donors (Lipinski definition) is 2. The molecule has 0 radical (unpaired) electrons. The van der Waals surface area contributed by atoms with E-state index < -0.39 is 0 Å². The lowest BCUT2D eigenvalue weighted by atomic mass is 10.1. The fourth-order valence-electron chi connectivity index (χ4n) is 2.53. The average molecular weight is 363 g/mol. The number of quaternary nitrogens is 1. The average Bonchev–Trinajstić information content (AvgIpc) is 3.02. The zero-order valence-electron chi connectivity index (χ0n) is 15.1. The van der Waals surface area contributed by atoms with Gasteiger partial charge in [-0.25, -0.2) is 0 Å². The lowest BCUT2D eigenvalue weighted by molar-refractivity contribution is -0.858. The van der Waals surface area contributed by atoms with Crippen molar-refractivity contribution in [1.82, 2.24) is 4.90 Å². The summed E-state index contributed by atoms with van der Waals surface area (Å²) in [6.07, 6.45) is 1.13. The van der Waals surface area contributed by atoms with E-state index in [9.17, 15) is 0 Å². The van der Waals surface area contributed by atoms with Gasteiger partial charge in [-0.3, -0.25) is 0 Å². The van der Waals surface area contributed by atoms with Gasteiger partial charge in [0.25, 0.3) is 0 Å². The third-order valence-corrected chi connectivity index (χ3v) is 5.17. The molecular weight excluding hydrogens is 334 g/mol. The molecule has 0 saturated carbocycles. The molecular formula is C19H28N3S2+. The second-order valence-electron chi connectivity index (χ2n) is 6.56. The molecule has 3 nitrogen and oxygen atoms in total. The van der Waals surface area contributed by atoms with E-state index in [1.807, 2.05) is 0 Å². The highest BCUT2D eigenvalue weighted by molar-refractivity contribution is 7.80. The Balaban J connectivity index is 2.06. The van der Waals surface area contributed by atoms with E-state index in [0.717, 1.165) is 36.9 Å².